The zero-order chi connectivity index (χ0) is 18.8. The van der Waals surface area contributed by atoms with Gasteiger partial charge in [-0.05, 0) is 67.9 Å². The van der Waals surface area contributed by atoms with E-state index in [0.717, 1.165) is 41.9 Å². The first-order valence-electron chi connectivity index (χ1n) is 9.37. The van der Waals surface area contributed by atoms with Gasteiger partial charge < -0.3 is 4.90 Å². The van der Waals surface area contributed by atoms with E-state index < -0.39 is 0 Å². The van der Waals surface area contributed by atoms with Crippen molar-refractivity contribution in [2.45, 2.75) is 19.4 Å². The lowest BCUT2D eigenvalue weighted by molar-refractivity contribution is 0.0999. The number of nitrogens with zero attached hydrogens (tertiary/aromatic N) is 2. The summed E-state index contributed by atoms with van der Waals surface area (Å²) >= 11 is 0. The summed E-state index contributed by atoms with van der Waals surface area (Å²) in [5.41, 5.74) is 6.28. The summed E-state index contributed by atoms with van der Waals surface area (Å²) < 4.78 is 0. The van der Waals surface area contributed by atoms with Crippen LogP contribution in [-0.2, 0) is 19.4 Å². The summed E-state index contributed by atoms with van der Waals surface area (Å²) in [5.74, 6) is 0.0254. The highest BCUT2D eigenvalue weighted by atomic mass is 35.5. The molecular weight excluding hydrogens is 368 g/mol. The van der Waals surface area contributed by atoms with E-state index in [1.54, 1.807) is 0 Å². The molecule has 4 heteroatoms. The van der Waals surface area contributed by atoms with Gasteiger partial charge in [-0.2, -0.15) is 0 Å². The number of hydrogen-bond donors (Lipinski definition) is 0. The third-order valence-electron chi connectivity index (χ3n) is 5.00. The van der Waals surface area contributed by atoms with Gasteiger partial charge in [0.1, 0.15) is 0 Å². The number of amides is 1. The van der Waals surface area contributed by atoms with Gasteiger partial charge in [-0.25, -0.2) is 0 Å². The Bertz CT molecular complexity index is 936. The first kappa shape index (κ1) is 20.1. The van der Waals surface area contributed by atoms with E-state index in [9.17, 15) is 4.79 Å². The number of aryl methyl sites for hydroxylation is 2. The van der Waals surface area contributed by atoms with Crippen LogP contribution in [0.5, 0.6) is 0 Å². The minimum Gasteiger partial charge on any atom is -0.305 e. The largest absolute Gasteiger partial charge is 0.305 e. The second-order valence-electron chi connectivity index (χ2n) is 7.34. The summed E-state index contributed by atoms with van der Waals surface area (Å²) in [6.07, 6.45) is 1.88. The third kappa shape index (κ3) is 3.96. The molecule has 1 amide bonds. The monoisotopic (exact) mass is 392 g/mol. The predicted octanol–water partition coefficient (Wildman–Crippen LogP) is 5.25. The molecule has 144 valence electrons. The van der Waals surface area contributed by atoms with Crippen molar-refractivity contribution in [2.75, 3.05) is 19.0 Å². The summed E-state index contributed by atoms with van der Waals surface area (Å²) in [4.78, 5) is 17.6. The van der Waals surface area contributed by atoms with Gasteiger partial charge in [0.15, 0.2) is 0 Å². The molecule has 0 spiro atoms. The molecule has 28 heavy (non-hydrogen) atoms. The number of fused-ring (bicyclic) bond motifs is 2. The van der Waals surface area contributed by atoms with Crippen LogP contribution in [0.3, 0.4) is 0 Å². The SMILES string of the molecule is CN(C)Cc1cccc(C(=O)N2c3ccccc3CCc3ccccc32)c1.Cl. The Morgan fingerprint density at radius 3 is 2.00 bits per heavy atom. The molecule has 0 aliphatic carbocycles. The molecular formula is C24H25ClN2O. The van der Waals surface area contributed by atoms with E-state index in [1.807, 2.05) is 49.3 Å². The first-order valence-corrected chi connectivity index (χ1v) is 9.37. The highest BCUT2D eigenvalue weighted by molar-refractivity contribution is 6.12. The molecule has 1 aliphatic heterocycles. The molecule has 4 rings (SSSR count). The zero-order valence-electron chi connectivity index (χ0n) is 16.3. The van der Waals surface area contributed by atoms with Crippen LogP contribution in [0.2, 0.25) is 0 Å². The van der Waals surface area contributed by atoms with Crippen molar-refractivity contribution < 1.29 is 4.79 Å². The highest BCUT2D eigenvalue weighted by Gasteiger charge is 2.26. The van der Waals surface area contributed by atoms with E-state index in [0.29, 0.717) is 0 Å². The molecule has 0 bridgehead atoms. The Balaban J connectivity index is 0.00000225. The minimum atomic E-state index is 0. The van der Waals surface area contributed by atoms with Crippen molar-refractivity contribution in [1.82, 2.24) is 4.90 Å². The Morgan fingerprint density at radius 2 is 1.43 bits per heavy atom. The molecule has 0 saturated heterocycles. The van der Waals surface area contributed by atoms with Crippen LogP contribution in [0.25, 0.3) is 0 Å². The number of benzene rings is 3. The van der Waals surface area contributed by atoms with E-state index in [1.165, 1.54) is 11.1 Å². The molecule has 0 radical (unpaired) electrons. The van der Waals surface area contributed by atoms with Gasteiger partial charge in [-0.15, -0.1) is 12.4 Å². The van der Waals surface area contributed by atoms with Gasteiger partial charge in [-0.3, -0.25) is 9.69 Å². The zero-order valence-corrected chi connectivity index (χ0v) is 17.1. The minimum absolute atomic E-state index is 0. The molecule has 0 N–H and O–H groups in total. The van der Waals surface area contributed by atoms with Crippen molar-refractivity contribution in [3.63, 3.8) is 0 Å². The standard InChI is InChI=1S/C24H24N2O.ClH/c1-25(2)17-18-8-7-11-21(16-18)24(27)26-22-12-5-3-9-19(22)14-15-20-10-4-6-13-23(20)26;/h3-13,16H,14-15,17H2,1-2H3;1H. The lowest BCUT2D eigenvalue weighted by Crippen LogP contribution is -2.27. The van der Waals surface area contributed by atoms with E-state index >= 15 is 0 Å². The highest BCUT2D eigenvalue weighted by Crippen LogP contribution is 2.37. The Kier molecular flexibility index (Phi) is 6.18. The van der Waals surface area contributed by atoms with Crippen LogP contribution >= 0.6 is 12.4 Å². The fourth-order valence-corrected chi connectivity index (χ4v) is 3.80. The summed E-state index contributed by atoms with van der Waals surface area (Å²) in [6.45, 7) is 0.814. The summed E-state index contributed by atoms with van der Waals surface area (Å²) in [6, 6.07) is 24.5. The molecule has 3 nitrogen and oxygen atoms in total. The molecule has 0 aromatic heterocycles. The number of carbonyl (C=O) groups excluding carboxylic acids is 1. The fourth-order valence-electron chi connectivity index (χ4n) is 3.80. The summed E-state index contributed by atoms with van der Waals surface area (Å²) in [7, 11) is 4.07. The van der Waals surface area contributed by atoms with Crippen molar-refractivity contribution in [2.24, 2.45) is 0 Å². The Hall–Kier alpha value is -2.62. The Morgan fingerprint density at radius 1 is 0.857 bits per heavy atom. The van der Waals surface area contributed by atoms with Gasteiger partial charge >= 0.3 is 0 Å². The van der Waals surface area contributed by atoms with Crippen molar-refractivity contribution >= 4 is 29.7 Å². The maximum atomic E-state index is 13.6. The fraction of sp³-hybridized carbons (Fsp3) is 0.208. The van der Waals surface area contributed by atoms with Gasteiger partial charge in [0.2, 0.25) is 0 Å². The predicted molar refractivity (Wildman–Crippen MR) is 118 cm³/mol. The maximum Gasteiger partial charge on any atom is 0.262 e. The molecule has 1 aliphatic rings. The first-order chi connectivity index (χ1) is 13.1. The van der Waals surface area contributed by atoms with Crippen LogP contribution in [-0.4, -0.2) is 24.9 Å². The quantitative estimate of drug-likeness (QED) is 0.608. The van der Waals surface area contributed by atoms with Crippen molar-refractivity contribution in [3.05, 3.63) is 95.1 Å². The van der Waals surface area contributed by atoms with Crippen LogP contribution in [0, 0.1) is 0 Å². The second-order valence-corrected chi connectivity index (χ2v) is 7.34. The van der Waals surface area contributed by atoms with Crippen LogP contribution < -0.4 is 4.90 Å². The Labute approximate surface area is 173 Å². The number of halogens is 1. The lowest BCUT2D eigenvalue weighted by Gasteiger charge is -2.25. The molecule has 0 atom stereocenters. The molecule has 0 fully saturated rings. The maximum absolute atomic E-state index is 13.6. The molecule has 0 saturated carbocycles. The van der Waals surface area contributed by atoms with Gasteiger partial charge in [-0.1, -0.05) is 48.5 Å². The molecule has 1 heterocycles. The smallest absolute Gasteiger partial charge is 0.262 e. The third-order valence-corrected chi connectivity index (χ3v) is 5.00. The van der Waals surface area contributed by atoms with Gasteiger partial charge in [0, 0.05) is 12.1 Å². The molecule has 0 unspecified atom stereocenters. The van der Waals surface area contributed by atoms with Crippen LogP contribution in [0.4, 0.5) is 11.4 Å². The number of anilines is 2. The van der Waals surface area contributed by atoms with E-state index in [-0.39, 0.29) is 18.3 Å². The second kappa shape index (κ2) is 8.59. The topological polar surface area (TPSA) is 23.6 Å². The van der Waals surface area contributed by atoms with Gasteiger partial charge in [0.25, 0.3) is 5.91 Å². The normalized spacial score (nSPS) is 12.6. The van der Waals surface area contributed by atoms with Crippen LogP contribution in [0.15, 0.2) is 72.8 Å². The summed E-state index contributed by atoms with van der Waals surface area (Å²) in [5, 5.41) is 0. The van der Waals surface area contributed by atoms with E-state index in [4.69, 9.17) is 0 Å². The van der Waals surface area contributed by atoms with Crippen molar-refractivity contribution in [3.8, 4) is 0 Å². The number of hydrogen-bond acceptors (Lipinski definition) is 2. The van der Waals surface area contributed by atoms with Gasteiger partial charge in [0.05, 0.1) is 11.4 Å². The van der Waals surface area contributed by atoms with Crippen molar-refractivity contribution in [1.29, 1.82) is 0 Å². The average molecular weight is 393 g/mol. The van der Waals surface area contributed by atoms with Crippen LogP contribution in [0.1, 0.15) is 27.0 Å². The molecule has 3 aromatic rings. The van der Waals surface area contributed by atoms with E-state index in [2.05, 4.69) is 47.4 Å². The number of para-hydroxylation sites is 2. The number of carbonyl (C=O) groups is 1. The average Bonchev–Trinajstić information content (AvgIpc) is 2.84. The lowest BCUT2D eigenvalue weighted by atomic mass is 10.0. The molecule has 3 aromatic carbocycles. The number of rotatable bonds is 3.